The summed E-state index contributed by atoms with van der Waals surface area (Å²) in [6.07, 6.45) is 2.28. The molecule has 0 fully saturated rings. The average molecular weight is 612 g/mol. The molecule has 3 N–H and O–H groups in total. The van der Waals surface area contributed by atoms with E-state index < -0.39 is 11.8 Å². The highest BCUT2D eigenvalue weighted by Gasteiger charge is 2.19. The molecule has 6 nitrogen and oxygen atoms in total. The number of anilines is 2. The first-order chi connectivity index (χ1) is 22.0. The van der Waals surface area contributed by atoms with Gasteiger partial charge in [0.05, 0.1) is 5.25 Å². The Labute approximate surface area is 267 Å². The Bertz CT molecular complexity index is 1770. The van der Waals surface area contributed by atoms with Crippen molar-refractivity contribution in [3.8, 4) is 11.1 Å². The second-order valence-corrected chi connectivity index (χ2v) is 11.5. The normalized spacial score (nSPS) is 11.7. The second kappa shape index (κ2) is 15.4. The van der Waals surface area contributed by atoms with E-state index in [1.54, 1.807) is 36.4 Å². The quantitative estimate of drug-likeness (QED) is 0.104. The lowest BCUT2D eigenvalue weighted by molar-refractivity contribution is -0.116. The first-order valence-electron chi connectivity index (χ1n) is 14.7. The number of hydrogen-bond donors (Lipinski definition) is 3. The second-order valence-electron chi connectivity index (χ2n) is 10.2. The van der Waals surface area contributed by atoms with Crippen molar-refractivity contribution in [2.24, 2.45) is 0 Å². The predicted octanol–water partition coefficient (Wildman–Crippen LogP) is 8.27. The molecule has 0 aliphatic carbocycles. The van der Waals surface area contributed by atoms with Crippen LogP contribution in [-0.4, -0.2) is 23.0 Å². The van der Waals surface area contributed by atoms with E-state index in [0.717, 1.165) is 27.3 Å². The molecule has 0 saturated carbocycles. The van der Waals surface area contributed by atoms with E-state index >= 15 is 0 Å². The van der Waals surface area contributed by atoms with Crippen LogP contribution in [0.5, 0.6) is 0 Å². The topological polar surface area (TPSA) is 87.3 Å². The van der Waals surface area contributed by atoms with E-state index in [4.69, 9.17) is 0 Å². The summed E-state index contributed by atoms with van der Waals surface area (Å²) in [4.78, 5) is 40.5. The molecule has 0 saturated heterocycles. The molecule has 0 radical (unpaired) electrons. The van der Waals surface area contributed by atoms with Crippen LogP contribution >= 0.6 is 11.8 Å². The molecule has 45 heavy (non-hydrogen) atoms. The fourth-order valence-electron chi connectivity index (χ4n) is 4.59. The minimum Gasteiger partial charge on any atom is -0.325 e. The van der Waals surface area contributed by atoms with E-state index in [1.165, 1.54) is 11.8 Å². The van der Waals surface area contributed by atoms with Crippen LogP contribution in [0.2, 0.25) is 0 Å². The maximum Gasteiger partial charge on any atom is 0.272 e. The lowest BCUT2D eigenvalue weighted by Crippen LogP contribution is -2.30. The summed E-state index contributed by atoms with van der Waals surface area (Å²) in [5, 5.41) is 8.36. The number of nitrogens with one attached hydrogen (secondary N) is 3. The Kier molecular flexibility index (Phi) is 10.6. The lowest BCUT2D eigenvalue weighted by Gasteiger charge is -2.16. The molecule has 0 bridgehead atoms. The molecular formula is C38H33N3O3S. The molecule has 0 aliphatic heterocycles. The monoisotopic (exact) mass is 611 g/mol. The van der Waals surface area contributed by atoms with Gasteiger partial charge in [0.1, 0.15) is 5.70 Å². The van der Waals surface area contributed by atoms with Crippen molar-refractivity contribution < 1.29 is 14.4 Å². The molecule has 1 atom stereocenters. The molecular weight excluding hydrogens is 579 g/mol. The highest BCUT2D eigenvalue weighted by atomic mass is 32.2. The summed E-state index contributed by atoms with van der Waals surface area (Å²) >= 11 is 1.43. The zero-order chi connectivity index (χ0) is 31.4. The Hall–Kier alpha value is -5.40. The van der Waals surface area contributed by atoms with Crippen molar-refractivity contribution in [3.05, 3.63) is 156 Å². The largest absolute Gasteiger partial charge is 0.325 e. The molecule has 0 aromatic heterocycles. The van der Waals surface area contributed by atoms with Gasteiger partial charge in [-0.25, -0.2) is 0 Å². The summed E-state index contributed by atoms with van der Waals surface area (Å²) in [5.41, 5.74) is 4.72. The predicted molar refractivity (Wildman–Crippen MR) is 184 cm³/mol. The first-order valence-corrected chi connectivity index (χ1v) is 15.5. The third-order valence-corrected chi connectivity index (χ3v) is 8.29. The van der Waals surface area contributed by atoms with Crippen molar-refractivity contribution in [2.45, 2.75) is 23.5 Å². The van der Waals surface area contributed by atoms with Crippen LogP contribution in [0.1, 0.15) is 29.3 Å². The average Bonchev–Trinajstić information content (AvgIpc) is 3.08. The van der Waals surface area contributed by atoms with Crippen LogP contribution in [0.3, 0.4) is 0 Å². The molecule has 0 aliphatic rings. The highest BCUT2D eigenvalue weighted by molar-refractivity contribution is 8.00. The SMILES string of the molecule is CCC(Sc1cccc(NC(=O)/C(=C\c2ccc(-c3ccccc3)cc2)NC(=O)c2ccccc2)c1)C(=O)Nc1ccccc1. The zero-order valence-corrected chi connectivity index (χ0v) is 25.6. The van der Waals surface area contributed by atoms with Crippen molar-refractivity contribution in [2.75, 3.05) is 10.6 Å². The van der Waals surface area contributed by atoms with Crippen molar-refractivity contribution in [1.82, 2.24) is 5.32 Å². The molecule has 5 rings (SSSR count). The minimum absolute atomic E-state index is 0.0877. The van der Waals surface area contributed by atoms with Crippen LogP contribution in [0.15, 0.2) is 150 Å². The molecule has 224 valence electrons. The molecule has 3 amide bonds. The fourth-order valence-corrected chi connectivity index (χ4v) is 5.60. The Morgan fingerprint density at radius 2 is 1.27 bits per heavy atom. The maximum absolute atomic E-state index is 13.6. The van der Waals surface area contributed by atoms with Gasteiger partial charge in [-0.3, -0.25) is 14.4 Å². The summed E-state index contributed by atoms with van der Waals surface area (Å²) in [6, 6.07) is 43.2. The summed E-state index contributed by atoms with van der Waals surface area (Å²) in [6.45, 7) is 1.97. The number of benzene rings is 5. The van der Waals surface area contributed by atoms with Crippen molar-refractivity contribution in [3.63, 3.8) is 0 Å². The summed E-state index contributed by atoms with van der Waals surface area (Å²) < 4.78 is 0. The number of para-hydroxylation sites is 1. The van der Waals surface area contributed by atoms with E-state index in [0.29, 0.717) is 17.7 Å². The molecule has 0 heterocycles. The van der Waals surface area contributed by atoms with Gasteiger partial charge >= 0.3 is 0 Å². The Morgan fingerprint density at radius 3 is 1.93 bits per heavy atom. The van der Waals surface area contributed by atoms with Gasteiger partial charge in [-0.05, 0) is 71.7 Å². The van der Waals surface area contributed by atoms with Crippen LogP contribution in [-0.2, 0) is 9.59 Å². The van der Waals surface area contributed by atoms with E-state index in [2.05, 4.69) is 16.0 Å². The van der Waals surface area contributed by atoms with E-state index in [1.807, 2.05) is 116 Å². The van der Waals surface area contributed by atoms with Gasteiger partial charge < -0.3 is 16.0 Å². The number of rotatable bonds is 11. The van der Waals surface area contributed by atoms with Gasteiger partial charge in [0.2, 0.25) is 5.91 Å². The van der Waals surface area contributed by atoms with Gasteiger partial charge in [-0.15, -0.1) is 11.8 Å². The zero-order valence-electron chi connectivity index (χ0n) is 24.8. The first kappa shape index (κ1) is 31.0. The molecule has 0 spiro atoms. The summed E-state index contributed by atoms with van der Waals surface area (Å²) in [7, 11) is 0. The third-order valence-electron chi connectivity index (χ3n) is 6.93. The number of carbonyl (C=O) groups is 3. The number of carbonyl (C=O) groups excluding carboxylic acids is 3. The highest BCUT2D eigenvalue weighted by Crippen LogP contribution is 2.29. The van der Waals surface area contributed by atoms with Crippen LogP contribution in [0.25, 0.3) is 17.2 Å². The van der Waals surface area contributed by atoms with Gasteiger partial charge in [-0.2, -0.15) is 0 Å². The van der Waals surface area contributed by atoms with Gasteiger partial charge in [-0.1, -0.05) is 104 Å². The number of amides is 3. The van der Waals surface area contributed by atoms with E-state index in [-0.39, 0.29) is 16.9 Å². The van der Waals surface area contributed by atoms with Crippen LogP contribution < -0.4 is 16.0 Å². The summed E-state index contributed by atoms with van der Waals surface area (Å²) in [5.74, 6) is -0.949. The molecule has 1 unspecified atom stereocenters. The number of thioether (sulfide) groups is 1. The minimum atomic E-state index is -0.470. The lowest BCUT2D eigenvalue weighted by atomic mass is 10.0. The van der Waals surface area contributed by atoms with Gasteiger partial charge in [0.15, 0.2) is 0 Å². The Morgan fingerprint density at radius 1 is 0.667 bits per heavy atom. The standard InChI is InChI=1S/C38H33N3O3S/c1-2-35(38(44)39-31-17-10-5-11-18-31)45-33-20-12-19-32(26-33)40-37(43)34(41-36(42)30-15-8-4-9-16-30)25-27-21-23-29(24-22-27)28-13-6-3-7-14-28/h3-26,35H,2H2,1H3,(H,39,44)(H,40,43)(H,41,42)/b34-25+. The van der Waals surface area contributed by atoms with Crippen LogP contribution in [0, 0.1) is 0 Å². The maximum atomic E-state index is 13.6. The fraction of sp³-hybridized carbons (Fsp3) is 0.0789. The Balaban J connectivity index is 1.33. The van der Waals surface area contributed by atoms with E-state index in [9.17, 15) is 14.4 Å². The van der Waals surface area contributed by atoms with Crippen molar-refractivity contribution in [1.29, 1.82) is 0 Å². The smallest absolute Gasteiger partial charge is 0.272 e. The van der Waals surface area contributed by atoms with Gasteiger partial charge in [0, 0.05) is 21.8 Å². The molecule has 7 heteroatoms. The molecule has 5 aromatic carbocycles. The third kappa shape index (κ3) is 8.81. The number of hydrogen-bond acceptors (Lipinski definition) is 4. The van der Waals surface area contributed by atoms with Crippen molar-refractivity contribution >= 4 is 46.9 Å². The van der Waals surface area contributed by atoms with Crippen LogP contribution in [0.4, 0.5) is 11.4 Å². The van der Waals surface area contributed by atoms with Gasteiger partial charge in [0.25, 0.3) is 11.8 Å². The molecule has 5 aromatic rings.